The van der Waals surface area contributed by atoms with Gasteiger partial charge < -0.3 is 10.0 Å². The van der Waals surface area contributed by atoms with Crippen molar-refractivity contribution < 1.29 is 9.90 Å². The summed E-state index contributed by atoms with van der Waals surface area (Å²) in [4.78, 5) is 15.2. The Morgan fingerprint density at radius 1 is 1.10 bits per heavy atom. The van der Waals surface area contributed by atoms with Crippen LogP contribution in [0.3, 0.4) is 0 Å². The average Bonchev–Trinajstić information content (AvgIpc) is 2.72. The molecule has 0 spiro atoms. The van der Waals surface area contributed by atoms with Crippen molar-refractivity contribution in [1.29, 1.82) is 0 Å². The van der Waals surface area contributed by atoms with Crippen LogP contribution in [0.2, 0.25) is 5.02 Å². The van der Waals surface area contributed by atoms with E-state index >= 15 is 0 Å². The Bertz CT molecular complexity index is 814. The molecular formula is C24H31ClN2O2. The number of carbonyl (C=O) groups is 1. The third-order valence-corrected chi connectivity index (χ3v) is 6.15. The van der Waals surface area contributed by atoms with E-state index in [4.69, 9.17) is 11.6 Å². The Kier molecular flexibility index (Phi) is 7.33. The smallest absolute Gasteiger partial charge is 0.240 e. The summed E-state index contributed by atoms with van der Waals surface area (Å²) in [6, 6.07) is 15.3. The summed E-state index contributed by atoms with van der Waals surface area (Å²) in [5, 5.41) is 14.6. The first-order valence-corrected chi connectivity index (χ1v) is 10.8. The van der Waals surface area contributed by atoms with Gasteiger partial charge in [-0.15, -0.1) is 0 Å². The first-order valence-electron chi connectivity index (χ1n) is 10.4. The second kappa shape index (κ2) is 9.75. The lowest BCUT2D eigenvalue weighted by Gasteiger charge is -2.36. The lowest BCUT2D eigenvalue weighted by molar-refractivity contribution is -0.136. The fourth-order valence-corrected chi connectivity index (χ4v) is 4.19. The van der Waals surface area contributed by atoms with Crippen molar-refractivity contribution in [2.75, 3.05) is 13.1 Å². The number of aliphatic hydroxyl groups excluding tert-OH is 1. The molecule has 156 valence electrons. The maximum Gasteiger partial charge on any atom is 0.240 e. The second-order valence-electron chi connectivity index (χ2n) is 8.30. The van der Waals surface area contributed by atoms with Crippen molar-refractivity contribution in [3.8, 4) is 0 Å². The van der Waals surface area contributed by atoms with E-state index in [0.717, 1.165) is 42.1 Å². The number of rotatable bonds is 6. The Labute approximate surface area is 178 Å². The molecule has 0 bridgehead atoms. The van der Waals surface area contributed by atoms with Crippen LogP contribution in [-0.2, 0) is 4.79 Å². The number of nitrogens with one attached hydrogen (secondary N) is 1. The molecule has 29 heavy (non-hydrogen) atoms. The SMILES string of the molecule is Cc1ccccc1[C@@H](O)N[C@@H](C(=O)N1CCC(c2ccc(Cl)cc2)CC1)C(C)C. The fourth-order valence-electron chi connectivity index (χ4n) is 4.07. The Morgan fingerprint density at radius 3 is 2.31 bits per heavy atom. The summed E-state index contributed by atoms with van der Waals surface area (Å²) < 4.78 is 0. The number of benzene rings is 2. The molecule has 1 fully saturated rings. The van der Waals surface area contributed by atoms with E-state index < -0.39 is 12.3 Å². The fraction of sp³-hybridized carbons (Fsp3) is 0.458. The van der Waals surface area contributed by atoms with Crippen molar-refractivity contribution >= 4 is 17.5 Å². The molecule has 1 aliphatic rings. The molecule has 1 saturated heterocycles. The molecule has 3 rings (SSSR count). The highest BCUT2D eigenvalue weighted by Gasteiger charge is 2.32. The quantitative estimate of drug-likeness (QED) is 0.676. The monoisotopic (exact) mass is 414 g/mol. The van der Waals surface area contributed by atoms with Crippen LogP contribution in [0.25, 0.3) is 0 Å². The summed E-state index contributed by atoms with van der Waals surface area (Å²) in [5.74, 6) is 0.608. The van der Waals surface area contributed by atoms with E-state index in [2.05, 4.69) is 17.4 Å². The molecule has 2 N–H and O–H groups in total. The molecule has 2 aromatic rings. The van der Waals surface area contributed by atoms with Crippen LogP contribution >= 0.6 is 11.6 Å². The zero-order valence-electron chi connectivity index (χ0n) is 17.4. The van der Waals surface area contributed by atoms with Gasteiger partial charge in [0.25, 0.3) is 0 Å². The van der Waals surface area contributed by atoms with Crippen molar-refractivity contribution in [3.63, 3.8) is 0 Å². The summed E-state index contributed by atoms with van der Waals surface area (Å²) in [5.41, 5.74) is 3.11. The number of halogens is 1. The zero-order chi connectivity index (χ0) is 21.0. The number of carbonyl (C=O) groups excluding carboxylic acids is 1. The molecule has 5 heteroatoms. The van der Waals surface area contributed by atoms with Crippen LogP contribution in [0, 0.1) is 12.8 Å². The van der Waals surface area contributed by atoms with E-state index in [0.29, 0.717) is 5.92 Å². The highest BCUT2D eigenvalue weighted by molar-refractivity contribution is 6.30. The average molecular weight is 415 g/mol. The van der Waals surface area contributed by atoms with Gasteiger partial charge in [0.05, 0.1) is 6.04 Å². The largest absolute Gasteiger partial charge is 0.374 e. The number of piperidine rings is 1. The number of aryl methyl sites for hydroxylation is 1. The van der Waals surface area contributed by atoms with Crippen LogP contribution < -0.4 is 5.32 Å². The minimum absolute atomic E-state index is 0.0715. The van der Waals surface area contributed by atoms with Gasteiger partial charge in [0, 0.05) is 18.1 Å². The Morgan fingerprint density at radius 2 is 1.72 bits per heavy atom. The van der Waals surface area contributed by atoms with Crippen LogP contribution in [0.15, 0.2) is 48.5 Å². The molecule has 0 radical (unpaired) electrons. The highest BCUT2D eigenvalue weighted by Crippen LogP contribution is 2.29. The predicted molar refractivity (Wildman–Crippen MR) is 118 cm³/mol. The van der Waals surface area contributed by atoms with Gasteiger partial charge in [-0.3, -0.25) is 10.1 Å². The first kappa shape index (κ1) is 21.8. The number of nitrogens with zero attached hydrogens (tertiary/aromatic N) is 1. The summed E-state index contributed by atoms with van der Waals surface area (Å²) in [7, 11) is 0. The molecule has 1 heterocycles. The van der Waals surface area contributed by atoms with Crippen LogP contribution in [0.4, 0.5) is 0 Å². The lowest BCUT2D eigenvalue weighted by Crippen LogP contribution is -2.52. The van der Waals surface area contributed by atoms with Gasteiger partial charge in [-0.1, -0.05) is 61.8 Å². The predicted octanol–water partition coefficient (Wildman–Crippen LogP) is 4.66. The second-order valence-corrected chi connectivity index (χ2v) is 8.74. The molecule has 4 nitrogen and oxygen atoms in total. The van der Waals surface area contributed by atoms with Gasteiger partial charge in [-0.05, 0) is 60.4 Å². The van der Waals surface area contributed by atoms with Crippen LogP contribution in [0.5, 0.6) is 0 Å². The van der Waals surface area contributed by atoms with Gasteiger partial charge in [0.2, 0.25) is 5.91 Å². The summed E-state index contributed by atoms with van der Waals surface area (Å²) in [6.45, 7) is 7.46. The third kappa shape index (κ3) is 5.39. The van der Waals surface area contributed by atoms with Crippen molar-refractivity contribution in [2.45, 2.75) is 51.8 Å². The molecule has 0 aromatic heterocycles. The molecular weight excluding hydrogens is 384 g/mol. The maximum absolute atomic E-state index is 13.2. The van der Waals surface area contributed by atoms with Gasteiger partial charge in [-0.25, -0.2) is 0 Å². The zero-order valence-corrected chi connectivity index (χ0v) is 18.2. The maximum atomic E-state index is 13.2. The molecule has 2 aromatic carbocycles. The summed E-state index contributed by atoms with van der Waals surface area (Å²) >= 11 is 5.99. The number of aliphatic hydroxyl groups is 1. The number of hydrogen-bond donors (Lipinski definition) is 2. The Hall–Kier alpha value is -1.88. The van der Waals surface area contributed by atoms with Gasteiger partial charge in [0.15, 0.2) is 0 Å². The molecule has 0 unspecified atom stereocenters. The Balaban J connectivity index is 1.62. The van der Waals surface area contributed by atoms with E-state index in [1.54, 1.807) is 0 Å². The molecule has 0 saturated carbocycles. The number of hydrogen-bond acceptors (Lipinski definition) is 3. The topological polar surface area (TPSA) is 52.6 Å². The summed E-state index contributed by atoms with van der Waals surface area (Å²) in [6.07, 6.45) is 1.02. The number of likely N-dealkylation sites (tertiary alicyclic amines) is 1. The van der Waals surface area contributed by atoms with Crippen LogP contribution in [-0.4, -0.2) is 35.0 Å². The first-order chi connectivity index (χ1) is 13.9. The standard InChI is InChI=1S/C24H31ClN2O2/c1-16(2)22(26-23(28)21-7-5-4-6-17(21)3)24(29)27-14-12-19(13-15-27)18-8-10-20(25)11-9-18/h4-11,16,19,22-23,26,28H,12-15H2,1-3H3/t22-,23-/m1/s1. The van der Waals surface area contributed by atoms with E-state index in [1.165, 1.54) is 5.56 Å². The van der Waals surface area contributed by atoms with Gasteiger partial charge in [0.1, 0.15) is 6.23 Å². The van der Waals surface area contributed by atoms with E-state index in [-0.39, 0.29) is 11.8 Å². The minimum atomic E-state index is -0.862. The normalized spacial score (nSPS) is 17.4. The number of amides is 1. The van der Waals surface area contributed by atoms with Crippen molar-refractivity contribution in [2.24, 2.45) is 5.92 Å². The van der Waals surface area contributed by atoms with Gasteiger partial charge >= 0.3 is 0 Å². The van der Waals surface area contributed by atoms with Crippen LogP contribution in [0.1, 0.15) is 55.5 Å². The molecule has 1 aliphatic heterocycles. The van der Waals surface area contributed by atoms with Crippen molar-refractivity contribution in [1.82, 2.24) is 10.2 Å². The third-order valence-electron chi connectivity index (χ3n) is 5.90. The molecule has 1 amide bonds. The van der Waals surface area contributed by atoms with Gasteiger partial charge in [-0.2, -0.15) is 0 Å². The minimum Gasteiger partial charge on any atom is -0.374 e. The highest BCUT2D eigenvalue weighted by atomic mass is 35.5. The van der Waals surface area contributed by atoms with E-state index in [1.807, 2.05) is 62.1 Å². The molecule has 2 atom stereocenters. The van der Waals surface area contributed by atoms with Crippen molar-refractivity contribution in [3.05, 3.63) is 70.2 Å². The van der Waals surface area contributed by atoms with E-state index in [9.17, 15) is 9.90 Å². The molecule has 0 aliphatic carbocycles. The lowest BCUT2D eigenvalue weighted by atomic mass is 9.89.